The molecule has 2 saturated carbocycles. The summed E-state index contributed by atoms with van der Waals surface area (Å²) < 4.78 is 0. The highest BCUT2D eigenvalue weighted by Crippen LogP contribution is 2.35. The maximum absolute atomic E-state index is 5.70. The fraction of sp³-hybridized carbons (Fsp3) is 0.440. The van der Waals surface area contributed by atoms with Gasteiger partial charge < -0.3 is 0 Å². The average Bonchev–Trinajstić information content (AvgIpc) is 3.42. The Kier molecular flexibility index (Phi) is 6.14. The van der Waals surface area contributed by atoms with Crippen LogP contribution in [0.25, 0.3) is 0 Å². The number of hydrogen-bond acceptors (Lipinski definition) is 2. The predicted octanol–water partition coefficient (Wildman–Crippen LogP) is 7.53. The lowest BCUT2D eigenvalue weighted by atomic mass is 9.94. The molecule has 2 aliphatic rings. The highest BCUT2D eigenvalue weighted by molar-refractivity contribution is 7.82. The van der Waals surface area contributed by atoms with Gasteiger partial charge in [-0.2, -0.15) is 0 Å². The van der Waals surface area contributed by atoms with Crippen LogP contribution in [-0.4, -0.2) is 9.73 Å². The summed E-state index contributed by atoms with van der Waals surface area (Å²) in [6.45, 7) is 0. The fourth-order valence-corrected chi connectivity index (χ4v) is 5.40. The monoisotopic (exact) mass is 392 g/mol. The summed E-state index contributed by atoms with van der Waals surface area (Å²) in [5.41, 5.74) is 5.25. The van der Waals surface area contributed by atoms with E-state index in [0.717, 1.165) is 32.7 Å². The number of benzene rings is 2. The molecule has 0 nitrogen and oxygen atoms in total. The van der Waals surface area contributed by atoms with Gasteiger partial charge in [0.15, 0.2) is 0 Å². The predicted molar refractivity (Wildman–Crippen MR) is 123 cm³/mol. The molecule has 2 aliphatic carbocycles. The summed E-state index contributed by atoms with van der Waals surface area (Å²) in [4.78, 5) is 1.91. The summed E-state index contributed by atoms with van der Waals surface area (Å²) in [6.07, 6.45) is 11.5. The lowest BCUT2D eigenvalue weighted by molar-refractivity contribution is 0.723. The lowest BCUT2D eigenvalue weighted by Gasteiger charge is -2.12. The molecule has 27 heavy (non-hydrogen) atoms. The zero-order chi connectivity index (χ0) is 18.6. The summed E-state index contributed by atoms with van der Waals surface area (Å²) in [5, 5.41) is 0. The number of hydrogen-bond donors (Lipinski definition) is 0. The molecule has 0 aliphatic heterocycles. The van der Waals surface area contributed by atoms with Crippen molar-refractivity contribution < 1.29 is 0 Å². The van der Waals surface area contributed by atoms with Gasteiger partial charge in [0.05, 0.1) is 0 Å². The molecule has 2 aromatic carbocycles. The molecular weight excluding hydrogens is 364 g/mol. The van der Waals surface area contributed by atoms with Gasteiger partial charge in [0.25, 0.3) is 0 Å². The van der Waals surface area contributed by atoms with E-state index in [1.165, 1.54) is 62.5 Å². The largest absolute Gasteiger partial charge is 0.0839 e. The molecule has 2 heteroatoms. The number of thiocarbonyl (C=S) groups is 2. The van der Waals surface area contributed by atoms with Crippen molar-refractivity contribution >= 4 is 34.2 Å². The summed E-state index contributed by atoms with van der Waals surface area (Å²) >= 11 is 11.4. The molecule has 0 heterocycles. The Balaban J connectivity index is 1.37. The molecule has 140 valence electrons. The lowest BCUT2D eigenvalue weighted by Crippen LogP contribution is -2.07. The maximum Gasteiger partial charge on any atom is 0.0277 e. The van der Waals surface area contributed by atoms with E-state index in [9.17, 15) is 0 Å². The van der Waals surface area contributed by atoms with Crippen LogP contribution in [0.5, 0.6) is 0 Å². The van der Waals surface area contributed by atoms with Gasteiger partial charge in [-0.05, 0) is 59.8 Å². The third-order valence-corrected chi connectivity index (χ3v) is 7.20. The van der Waals surface area contributed by atoms with Gasteiger partial charge >= 0.3 is 0 Å². The van der Waals surface area contributed by atoms with E-state index < -0.39 is 0 Å². The fourth-order valence-electron chi connectivity index (χ4n) is 4.75. The first-order chi connectivity index (χ1) is 13.2. The van der Waals surface area contributed by atoms with Crippen LogP contribution in [0.4, 0.5) is 0 Å². The van der Waals surface area contributed by atoms with Crippen molar-refractivity contribution in [3.63, 3.8) is 0 Å². The van der Waals surface area contributed by atoms with Crippen molar-refractivity contribution in [3.8, 4) is 0 Å². The van der Waals surface area contributed by atoms with Gasteiger partial charge in [0.1, 0.15) is 0 Å². The molecule has 0 saturated heterocycles. The molecule has 0 bridgehead atoms. The standard InChI is InChI=1S/C25H28S2/c26-24(22-13-9-20(10-14-22)18-5-1-2-6-18)17-25(27)23-15-11-21(12-16-23)19-7-3-4-8-19/h9-16,18-19H,1-8,17H2. The highest BCUT2D eigenvalue weighted by Gasteiger charge is 2.18. The van der Waals surface area contributed by atoms with Gasteiger partial charge in [-0.25, -0.2) is 0 Å². The van der Waals surface area contributed by atoms with Gasteiger partial charge in [0.2, 0.25) is 0 Å². The first-order valence-corrected chi connectivity index (χ1v) is 11.3. The molecule has 2 fully saturated rings. The Morgan fingerprint density at radius 3 is 1.26 bits per heavy atom. The third-order valence-electron chi connectivity index (χ3n) is 6.44. The molecule has 0 atom stereocenters. The second-order valence-electron chi connectivity index (χ2n) is 8.23. The van der Waals surface area contributed by atoms with Crippen LogP contribution in [0.1, 0.15) is 91.9 Å². The van der Waals surface area contributed by atoms with Crippen molar-refractivity contribution in [2.45, 2.75) is 69.6 Å². The minimum Gasteiger partial charge on any atom is -0.0839 e. The van der Waals surface area contributed by atoms with Crippen molar-refractivity contribution in [2.75, 3.05) is 0 Å². The van der Waals surface area contributed by atoms with E-state index in [2.05, 4.69) is 48.5 Å². The second-order valence-corrected chi connectivity index (χ2v) is 9.22. The zero-order valence-electron chi connectivity index (χ0n) is 16.0. The van der Waals surface area contributed by atoms with Gasteiger partial charge in [-0.15, -0.1) is 0 Å². The van der Waals surface area contributed by atoms with Crippen molar-refractivity contribution in [1.82, 2.24) is 0 Å². The SMILES string of the molecule is S=C(CC(=S)c1ccc(C2CCCC2)cc1)c1ccc(C2CCCC2)cc1. The van der Waals surface area contributed by atoms with Crippen LogP contribution in [0.15, 0.2) is 48.5 Å². The van der Waals surface area contributed by atoms with Gasteiger partial charge in [-0.3, -0.25) is 0 Å². The van der Waals surface area contributed by atoms with E-state index in [4.69, 9.17) is 24.4 Å². The van der Waals surface area contributed by atoms with Crippen molar-refractivity contribution in [3.05, 3.63) is 70.8 Å². The molecule has 0 unspecified atom stereocenters. The molecule has 4 rings (SSSR count). The second kappa shape index (κ2) is 8.75. The smallest absolute Gasteiger partial charge is 0.0277 e. The van der Waals surface area contributed by atoms with E-state index in [1.54, 1.807) is 0 Å². The number of rotatable bonds is 6. The summed E-state index contributed by atoms with van der Waals surface area (Å²) in [5.74, 6) is 1.51. The normalized spacial score (nSPS) is 18.1. The van der Waals surface area contributed by atoms with Crippen LogP contribution in [0, 0.1) is 0 Å². The maximum atomic E-state index is 5.70. The average molecular weight is 393 g/mol. The Labute approximate surface area is 174 Å². The van der Waals surface area contributed by atoms with Crippen LogP contribution in [-0.2, 0) is 0 Å². The van der Waals surface area contributed by atoms with Crippen LogP contribution >= 0.6 is 24.4 Å². The Bertz CT molecular complexity index is 720. The van der Waals surface area contributed by atoms with E-state index >= 15 is 0 Å². The first-order valence-electron chi connectivity index (χ1n) is 10.5. The van der Waals surface area contributed by atoms with Crippen LogP contribution in [0.3, 0.4) is 0 Å². The topological polar surface area (TPSA) is 0 Å². The quantitative estimate of drug-likeness (QED) is 0.368. The van der Waals surface area contributed by atoms with Crippen molar-refractivity contribution in [1.29, 1.82) is 0 Å². The highest BCUT2D eigenvalue weighted by atomic mass is 32.1. The van der Waals surface area contributed by atoms with Crippen LogP contribution in [0.2, 0.25) is 0 Å². The summed E-state index contributed by atoms with van der Waals surface area (Å²) in [7, 11) is 0. The minimum atomic E-state index is 0.691. The molecule has 0 spiro atoms. The molecule has 0 N–H and O–H groups in total. The Hall–Kier alpha value is -1.38. The Morgan fingerprint density at radius 1 is 0.593 bits per heavy atom. The molecule has 0 aromatic heterocycles. The minimum absolute atomic E-state index is 0.691. The Morgan fingerprint density at radius 2 is 0.926 bits per heavy atom. The summed E-state index contributed by atoms with van der Waals surface area (Å²) in [6, 6.07) is 17.9. The van der Waals surface area contributed by atoms with Gasteiger partial charge in [-0.1, -0.05) is 98.6 Å². The first kappa shape index (κ1) is 19.0. The van der Waals surface area contributed by atoms with E-state index in [-0.39, 0.29) is 0 Å². The third kappa shape index (κ3) is 4.55. The molecule has 2 aromatic rings. The molecule has 0 amide bonds. The zero-order valence-corrected chi connectivity index (χ0v) is 17.6. The van der Waals surface area contributed by atoms with Gasteiger partial charge in [0, 0.05) is 16.1 Å². The molecular formula is C25H28S2. The van der Waals surface area contributed by atoms with Crippen molar-refractivity contribution in [2.24, 2.45) is 0 Å². The molecule has 0 radical (unpaired) electrons. The van der Waals surface area contributed by atoms with E-state index in [0.29, 0.717) is 6.42 Å². The van der Waals surface area contributed by atoms with Crippen LogP contribution < -0.4 is 0 Å². The van der Waals surface area contributed by atoms with E-state index in [1.807, 2.05) is 0 Å².